The van der Waals surface area contributed by atoms with Crippen molar-refractivity contribution in [3.8, 4) is 0 Å². The first-order chi connectivity index (χ1) is 11.1. The van der Waals surface area contributed by atoms with Crippen LogP contribution in [0, 0.1) is 0 Å². The van der Waals surface area contributed by atoms with Gasteiger partial charge in [-0.05, 0) is 37.3 Å². The lowest BCUT2D eigenvalue weighted by Gasteiger charge is -2.32. The Morgan fingerprint density at radius 1 is 1.35 bits per heavy atom. The Morgan fingerprint density at radius 3 is 2.96 bits per heavy atom. The summed E-state index contributed by atoms with van der Waals surface area (Å²) in [5.74, 6) is -0.0647. The van der Waals surface area contributed by atoms with E-state index < -0.39 is 0 Å². The van der Waals surface area contributed by atoms with E-state index in [0.717, 1.165) is 17.8 Å². The molecule has 126 valence electrons. The number of rotatable bonds is 5. The van der Waals surface area contributed by atoms with Crippen molar-refractivity contribution in [2.75, 3.05) is 13.1 Å². The summed E-state index contributed by atoms with van der Waals surface area (Å²) in [6, 6.07) is 4.47. The molecule has 23 heavy (non-hydrogen) atoms. The predicted octanol–water partition coefficient (Wildman–Crippen LogP) is 2.06. The molecule has 3 rings (SSSR count). The lowest BCUT2D eigenvalue weighted by atomic mass is 9.99. The number of carbonyl (C=O) groups excluding carboxylic acids is 2. The molecule has 0 unspecified atom stereocenters. The highest BCUT2D eigenvalue weighted by Gasteiger charge is 2.36. The first-order valence-electron chi connectivity index (χ1n) is 8.47. The van der Waals surface area contributed by atoms with Gasteiger partial charge in [-0.1, -0.05) is 12.5 Å². The van der Waals surface area contributed by atoms with Crippen LogP contribution < -0.4 is 10.6 Å². The maximum absolute atomic E-state index is 12.5. The van der Waals surface area contributed by atoms with E-state index in [-0.39, 0.29) is 23.9 Å². The average molecular weight is 335 g/mol. The van der Waals surface area contributed by atoms with Gasteiger partial charge in [-0.15, -0.1) is 11.3 Å². The van der Waals surface area contributed by atoms with Crippen LogP contribution in [0.5, 0.6) is 0 Å². The summed E-state index contributed by atoms with van der Waals surface area (Å²) in [5.41, 5.74) is 0. The molecule has 2 aliphatic rings. The molecule has 1 aromatic rings. The highest BCUT2D eigenvalue weighted by Crippen LogP contribution is 2.28. The number of nitrogens with zero attached hydrogens (tertiary/aromatic N) is 1. The van der Waals surface area contributed by atoms with E-state index in [0.29, 0.717) is 12.5 Å². The van der Waals surface area contributed by atoms with Crippen molar-refractivity contribution in [3.05, 3.63) is 22.4 Å². The Kier molecular flexibility index (Phi) is 5.33. The lowest BCUT2D eigenvalue weighted by Crippen LogP contribution is -2.47. The zero-order valence-corrected chi connectivity index (χ0v) is 14.4. The molecule has 2 saturated heterocycles. The van der Waals surface area contributed by atoms with Crippen molar-refractivity contribution in [1.29, 1.82) is 0 Å². The smallest absolute Gasteiger partial charge is 0.222 e. The van der Waals surface area contributed by atoms with Crippen molar-refractivity contribution in [2.45, 2.75) is 57.2 Å². The number of thiophene rings is 1. The van der Waals surface area contributed by atoms with Crippen molar-refractivity contribution in [3.63, 3.8) is 0 Å². The van der Waals surface area contributed by atoms with Crippen LogP contribution in [-0.4, -0.2) is 41.9 Å². The highest BCUT2D eigenvalue weighted by atomic mass is 32.1. The van der Waals surface area contributed by atoms with Crippen LogP contribution in [-0.2, 0) is 9.59 Å². The van der Waals surface area contributed by atoms with Crippen molar-refractivity contribution in [2.24, 2.45) is 0 Å². The number of amides is 2. The minimum absolute atomic E-state index is 0.0366. The van der Waals surface area contributed by atoms with Crippen LogP contribution >= 0.6 is 11.3 Å². The van der Waals surface area contributed by atoms with Gasteiger partial charge in [0.1, 0.15) is 0 Å². The largest absolute Gasteiger partial charge is 0.352 e. The Balaban J connectivity index is 1.57. The van der Waals surface area contributed by atoms with Gasteiger partial charge in [0.05, 0.1) is 12.5 Å². The van der Waals surface area contributed by atoms with Gasteiger partial charge in [0.25, 0.3) is 0 Å². The molecule has 3 heterocycles. The van der Waals surface area contributed by atoms with Crippen LogP contribution in [0.2, 0.25) is 0 Å². The van der Waals surface area contributed by atoms with Crippen LogP contribution in [0.25, 0.3) is 0 Å². The molecule has 0 radical (unpaired) electrons. The molecule has 0 aliphatic carbocycles. The molecule has 0 saturated carbocycles. The fourth-order valence-corrected chi connectivity index (χ4v) is 4.60. The van der Waals surface area contributed by atoms with Gasteiger partial charge in [-0.25, -0.2) is 0 Å². The SMILES string of the molecule is CC(=O)N[C@H](CC(=O)N[C@@H]1CCN2CCCC[C@@H]12)c1cccs1. The molecule has 0 aromatic carbocycles. The van der Waals surface area contributed by atoms with Crippen molar-refractivity contribution >= 4 is 23.2 Å². The molecular formula is C17H25N3O2S. The second-order valence-corrected chi connectivity index (χ2v) is 7.51. The Labute approximate surface area is 141 Å². The maximum atomic E-state index is 12.5. The lowest BCUT2D eigenvalue weighted by molar-refractivity contribution is -0.123. The van der Waals surface area contributed by atoms with Gasteiger partial charge >= 0.3 is 0 Å². The normalized spacial score (nSPS) is 25.6. The average Bonchev–Trinajstić information content (AvgIpc) is 3.16. The third-order valence-electron chi connectivity index (χ3n) is 4.86. The van der Waals surface area contributed by atoms with Crippen molar-refractivity contribution < 1.29 is 9.59 Å². The number of carbonyl (C=O) groups is 2. The molecule has 0 spiro atoms. The Morgan fingerprint density at radius 2 is 2.22 bits per heavy atom. The van der Waals surface area contributed by atoms with Gasteiger partial charge < -0.3 is 10.6 Å². The first kappa shape index (κ1) is 16.5. The quantitative estimate of drug-likeness (QED) is 0.866. The fourth-order valence-electron chi connectivity index (χ4n) is 3.82. The summed E-state index contributed by atoms with van der Waals surface area (Å²) in [7, 11) is 0. The maximum Gasteiger partial charge on any atom is 0.222 e. The summed E-state index contributed by atoms with van der Waals surface area (Å²) >= 11 is 1.57. The molecule has 2 aliphatic heterocycles. The van der Waals surface area contributed by atoms with Crippen LogP contribution in [0.1, 0.15) is 49.9 Å². The van der Waals surface area contributed by atoms with E-state index >= 15 is 0 Å². The van der Waals surface area contributed by atoms with E-state index in [1.165, 1.54) is 32.7 Å². The monoisotopic (exact) mass is 335 g/mol. The van der Waals surface area contributed by atoms with Gasteiger partial charge in [0.15, 0.2) is 0 Å². The Bertz CT molecular complexity index is 546. The molecule has 3 atom stereocenters. The molecule has 2 N–H and O–H groups in total. The fraction of sp³-hybridized carbons (Fsp3) is 0.647. The van der Waals surface area contributed by atoms with Crippen molar-refractivity contribution in [1.82, 2.24) is 15.5 Å². The second kappa shape index (κ2) is 7.45. The standard InChI is InChI=1S/C17H25N3O2S/c1-12(21)18-14(16-6-4-10-23-16)11-17(22)19-13-7-9-20-8-3-2-5-15(13)20/h4,6,10,13-15H,2-3,5,7-9,11H2,1H3,(H,18,21)(H,19,22)/t13-,14-,15+/m1/s1. The van der Waals surface area contributed by atoms with E-state index in [1.807, 2.05) is 17.5 Å². The number of hydrogen-bond donors (Lipinski definition) is 2. The topological polar surface area (TPSA) is 61.4 Å². The van der Waals surface area contributed by atoms with E-state index in [1.54, 1.807) is 11.3 Å². The van der Waals surface area contributed by atoms with Gasteiger partial charge in [0, 0.05) is 30.4 Å². The highest BCUT2D eigenvalue weighted by molar-refractivity contribution is 7.10. The number of nitrogens with one attached hydrogen (secondary N) is 2. The van der Waals surface area contributed by atoms with E-state index in [9.17, 15) is 9.59 Å². The molecule has 5 nitrogen and oxygen atoms in total. The second-order valence-electron chi connectivity index (χ2n) is 6.53. The van der Waals surface area contributed by atoms with Crippen LogP contribution in [0.4, 0.5) is 0 Å². The molecule has 2 amide bonds. The third-order valence-corrected chi connectivity index (χ3v) is 5.84. The molecular weight excluding hydrogens is 310 g/mol. The summed E-state index contributed by atoms with van der Waals surface area (Å²) < 4.78 is 0. The van der Waals surface area contributed by atoms with E-state index in [4.69, 9.17) is 0 Å². The molecule has 6 heteroatoms. The summed E-state index contributed by atoms with van der Waals surface area (Å²) in [6.07, 6.45) is 5.08. The van der Waals surface area contributed by atoms with Crippen LogP contribution in [0.3, 0.4) is 0 Å². The Hall–Kier alpha value is -1.40. The number of hydrogen-bond acceptors (Lipinski definition) is 4. The number of fused-ring (bicyclic) bond motifs is 1. The summed E-state index contributed by atoms with van der Waals surface area (Å²) in [4.78, 5) is 27.4. The zero-order chi connectivity index (χ0) is 16.2. The molecule has 0 bridgehead atoms. The van der Waals surface area contributed by atoms with E-state index in [2.05, 4.69) is 15.5 Å². The number of piperidine rings is 1. The first-order valence-corrected chi connectivity index (χ1v) is 9.35. The third kappa shape index (κ3) is 4.12. The van der Waals surface area contributed by atoms with Gasteiger partial charge in [-0.3, -0.25) is 14.5 Å². The zero-order valence-electron chi connectivity index (χ0n) is 13.6. The summed E-state index contributed by atoms with van der Waals surface area (Å²) in [6.45, 7) is 3.76. The van der Waals surface area contributed by atoms with Gasteiger partial charge in [-0.2, -0.15) is 0 Å². The van der Waals surface area contributed by atoms with Crippen LogP contribution in [0.15, 0.2) is 17.5 Å². The van der Waals surface area contributed by atoms with Gasteiger partial charge in [0.2, 0.25) is 11.8 Å². The minimum atomic E-state index is -0.226. The molecule has 2 fully saturated rings. The minimum Gasteiger partial charge on any atom is -0.352 e. The molecule has 1 aromatic heterocycles. The predicted molar refractivity (Wildman–Crippen MR) is 91.3 cm³/mol. The summed E-state index contributed by atoms with van der Waals surface area (Å²) in [5, 5.41) is 8.08.